The summed E-state index contributed by atoms with van der Waals surface area (Å²) in [5.74, 6) is 0.422. The molecule has 2 amide bonds. The Hall–Kier alpha value is -1.59. The third-order valence-electron chi connectivity index (χ3n) is 5.98. The van der Waals surface area contributed by atoms with Gasteiger partial charge in [-0.25, -0.2) is 0 Å². The Morgan fingerprint density at radius 3 is 2.67 bits per heavy atom. The Kier molecular flexibility index (Phi) is 7.68. The van der Waals surface area contributed by atoms with Crippen LogP contribution >= 0.6 is 12.4 Å². The molecule has 0 aromatic heterocycles. The van der Waals surface area contributed by atoms with E-state index in [0.29, 0.717) is 18.9 Å². The second-order valence-corrected chi connectivity index (χ2v) is 7.85. The Morgan fingerprint density at radius 2 is 2.00 bits per heavy atom. The molecule has 0 spiro atoms. The summed E-state index contributed by atoms with van der Waals surface area (Å²) in [6, 6.07) is 7.93. The number of halogens is 1. The van der Waals surface area contributed by atoms with Gasteiger partial charge in [-0.2, -0.15) is 0 Å². The standard InChI is InChI=1S/C21H31N3O2.ClH/c1-4-14(2)21(26)24-13-17-8-6-5-7-16(17)11-19(24)20(25)23-18-9-10-22-12-15(18)3;/h5-8,14-15,18-19,22H,4,9-13H2,1-3H3,(H,23,25);1H. The normalized spacial score (nSPS) is 25.7. The summed E-state index contributed by atoms with van der Waals surface area (Å²) in [6.07, 6.45) is 2.33. The molecule has 2 aliphatic heterocycles. The molecular formula is C21H32ClN3O2. The number of benzene rings is 1. The van der Waals surface area contributed by atoms with E-state index < -0.39 is 6.04 Å². The minimum absolute atomic E-state index is 0. The number of fused-ring (bicyclic) bond motifs is 1. The second kappa shape index (κ2) is 9.56. The van der Waals surface area contributed by atoms with E-state index in [1.807, 2.05) is 26.0 Å². The number of carbonyl (C=O) groups is 2. The fourth-order valence-corrected chi connectivity index (χ4v) is 3.95. The molecule has 3 rings (SSSR count). The van der Waals surface area contributed by atoms with Crippen LogP contribution in [0.1, 0.15) is 44.7 Å². The van der Waals surface area contributed by atoms with Crippen LogP contribution in [0.5, 0.6) is 0 Å². The van der Waals surface area contributed by atoms with Gasteiger partial charge in [-0.3, -0.25) is 9.59 Å². The van der Waals surface area contributed by atoms with Gasteiger partial charge < -0.3 is 15.5 Å². The lowest BCUT2D eigenvalue weighted by atomic mass is 9.90. The molecule has 5 nitrogen and oxygen atoms in total. The summed E-state index contributed by atoms with van der Waals surface area (Å²) in [5.41, 5.74) is 2.34. The number of nitrogens with one attached hydrogen (secondary N) is 2. The largest absolute Gasteiger partial charge is 0.351 e. The van der Waals surface area contributed by atoms with Gasteiger partial charge in [-0.05, 0) is 43.0 Å². The van der Waals surface area contributed by atoms with Crippen LogP contribution in [0, 0.1) is 11.8 Å². The Morgan fingerprint density at radius 1 is 1.30 bits per heavy atom. The zero-order valence-electron chi connectivity index (χ0n) is 16.5. The van der Waals surface area contributed by atoms with Gasteiger partial charge in [0.1, 0.15) is 6.04 Å². The van der Waals surface area contributed by atoms with Crippen LogP contribution in [-0.2, 0) is 22.6 Å². The monoisotopic (exact) mass is 393 g/mol. The lowest BCUT2D eigenvalue weighted by Crippen LogP contribution is -2.57. The fraction of sp³-hybridized carbons (Fsp3) is 0.619. The first-order valence-electron chi connectivity index (χ1n) is 9.89. The van der Waals surface area contributed by atoms with Gasteiger partial charge >= 0.3 is 0 Å². The average Bonchev–Trinajstić information content (AvgIpc) is 2.67. The highest BCUT2D eigenvalue weighted by Gasteiger charge is 2.37. The van der Waals surface area contributed by atoms with Gasteiger partial charge in [0.05, 0.1) is 0 Å². The van der Waals surface area contributed by atoms with Crippen LogP contribution in [-0.4, -0.2) is 41.9 Å². The number of hydrogen-bond acceptors (Lipinski definition) is 3. The molecule has 0 aliphatic carbocycles. The first-order valence-corrected chi connectivity index (χ1v) is 9.89. The van der Waals surface area contributed by atoms with Gasteiger partial charge in [0.2, 0.25) is 11.8 Å². The number of rotatable bonds is 4. The predicted molar refractivity (Wildman–Crippen MR) is 110 cm³/mol. The van der Waals surface area contributed by atoms with Gasteiger partial charge in [0.25, 0.3) is 0 Å². The van der Waals surface area contributed by atoms with Gasteiger partial charge in [0, 0.05) is 24.9 Å². The van der Waals surface area contributed by atoms with Crippen molar-refractivity contribution >= 4 is 24.2 Å². The lowest BCUT2D eigenvalue weighted by Gasteiger charge is -2.39. The van der Waals surface area contributed by atoms with Gasteiger partial charge in [0.15, 0.2) is 0 Å². The summed E-state index contributed by atoms with van der Waals surface area (Å²) in [5, 5.41) is 6.60. The van der Waals surface area contributed by atoms with Crippen molar-refractivity contribution in [3.8, 4) is 0 Å². The molecule has 6 heteroatoms. The molecule has 27 heavy (non-hydrogen) atoms. The zero-order valence-corrected chi connectivity index (χ0v) is 17.3. The maximum atomic E-state index is 13.1. The summed E-state index contributed by atoms with van der Waals surface area (Å²) in [4.78, 5) is 27.9. The second-order valence-electron chi connectivity index (χ2n) is 7.85. The maximum Gasteiger partial charge on any atom is 0.243 e. The summed E-state index contributed by atoms with van der Waals surface area (Å²) in [7, 11) is 0. The van der Waals surface area contributed by atoms with Crippen molar-refractivity contribution in [1.29, 1.82) is 0 Å². The lowest BCUT2D eigenvalue weighted by molar-refractivity contribution is -0.145. The zero-order chi connectivity index (χ0) is 18.7. The summed E-state index contributed by atoms with van der Waals surface area (Å²) in [6.45, 7) is 8.51. The van der Waals surface area contributed by atoms with Crippen LogP contribution in [0.25, 0.3) is 0 Å². The smallest absolute Gasteiger partial charge is 0.243 e. The maximum absolute atomic E-state index is 13.1. The molecule has 150 valence electrons. The van der Waals surface area contributed by atoms with Crippen molar-refractivity contribution in [2.75, 3.05) is 13.1 Å². The highest BCUT2D eigenvalue weighted by atomic mass is 35.5. The summed E-state index contributed by atoms with van der Waals surface area (Å²) < 4.78 is 0. The molecule has 2 aliphatic rings. The van der Waals surface area contributed by atoms with E-state index in [0.717, 1.165) is 31.5 Å². The van der Waals surface area contributed by atoms with E-state index in [2.05, 4.69) is 29.7 Å². The molecule has 1 fully saturated rings. The van der Waals surface area contributed by atoms with Crippen LogP contribution in [0.3, 0.4) is 0 Å². The minimum Gasteiger partial charge on any atom is -0.351 e. The van der Waals surface area contributed by atoms with E-state index in [9.17, 15) is 9.59 Å². The third kappa shape index (κ3) is 4.82. The number of carbonyl (C=O) groups excluding carboxylic acids is 2. The molecule has 4 unspecified atom stereocenters. The summed E-state index contributed by atoms with van der Waals surface area (Å²) >= 11 is 0. The fourth-order valence-electron chi connectivity index (χ4n) is 3.95. The number of nitrogens with zero attached hydrogens (tertiary/aromatic N) is 1. The van der Waals surface area contributed by atoms with E-state index >= 15 is 0 Å². The van der Waals surface area contributed by atoms with Crippen LogP contribution in [0.4, 0.5) is 0 Å². The molecule has 0 radical (unpaired) electrons. The molecule has 4 atom stereocenters. The molecule has 0 bridgehead atoms. The predicted octanol–water partition coefficient (Wildman–Crippen LogP) is 2.52. The quantitative estimate of drug-likeness (QED) is 0.826. The van der Waals surface area contributed by atoms with Crippen molar-refractivity contribution in [2.45, 2.75) is 58.7 Å². The molecular weight excluding hydrogens is 362 g/mol. The molecule has 1 aromatic carbocycles. The van der Waals surface area contributed by atoms with Crippen molar-refractivity contribution in [3.63, 3.8) is 0 Å². The van der Waals surface area contributed by atoms with E-state index in [1.54, 1.807) is 4.90 Å². The molecule has 1 saturated heterocycles. The van der Waals surface area contributed by atoms with Gasteiger partial charge in [-0.1, -0.05) is 45.0 Å². The number of piperidine rings is 1. The molecule has 2 heterocycles. The van der Waals surface area contributed by atoms with Crippen LogP contribution in [0.15, 0.2) is 24.3 Å². The van der Waals surface area contributed by atoms with Crippen molar-refractivity contribution < 1.29 is 9.59 Å². The van der Waals surface area contributed by atoms with Crippen molar-refractivity contribution in [2.24, 2.45) is 11.8 Å². The average molecular weight is 394 g/mol. The first kappa shape index (κ1) is 21.7. The Labute approximate surface area is 168 Å². The number of hydrogen-bond donors (Lipinski definition) is 2. The minimum atomic E-state index is -0.409. The topological polar surface area (TPSA) is 61.4 Å². The van der Waals surface area contributed by atoms with E-state index in [4.69, 9.17) is 0 Å². The van der Waals surface area contributed by atoms with Gasteiger partial charge in [-0.15, -0.1) is 12.4 Å². The van der Waals surface area contributed by atoms with E-state index in [-0.39, 0.29) is 36.2 Å². The molecule has 1 aromatic rings. The van der Waals surface area contributed by atoms with Crippen LogP contribution < -0.4 is 10.6 Å². The van der Waals surface area contributed by atoms with E-state index in [1.165, 1.54) is 5.56 Å². The molecule has 0 saturated carbocycles. The third-order valence-corrected chi connectivity index (χ3v) is 5.98. The highest BCUT2D eigenvalue weighted by Crippen LogP contribution is 2.26. The number of amides is 2. The SMILES string of the molecule is CCC(C)C(=O)N1Cc2ccccc2CC1C(=O)NC1CCNCC1C.Cl. The van der Waals surface area contributed by atoms with Crippen LogP contribution in [0.2, 0.25) is 0 Å². The van der Waals surface area contributed by atoms with Crippen molar-refractivity contribution in [3.05, 3.63) is 35.4 Å². The highest BCUT2D eigenvalue weighted by molar-refractivity contribution is 5.89. The first-order chi connectivity index (χ1) is 12.5. The molecule has 2 N–H and O–H groups in total. The Balaban J connectivity index is 0.00000261. The Bertz CT molecular complexity index is 667. The van der Waals surface area contributed by atoms with Crippen molar-refractivity contribution in [1.82, 2.24) is 15.5 Å².